The average Bonchev–Trinajstić information content (AvgIpc) is 3.15. The van der Waals surface area contributed by atoms with Gasteiger partial charge in [-0.1, -0.05) is 0 Å². The van der Waals surface area contributed by atoms with Crippen LogP contribution in [-0.2, 0) is 9.53 Å². The van der Waals surface area contributed by atoms with Gasteiger partial charge in [0.2, 0.25) is 5.91 Å². The second kappa shape index (κ2) is 7.38. The summed E-state index contributed by atoms with van der Waals surface area (Å²) in [6, 6.07) is -0.977. The molecule has 0 aliphatic carbocycles. The van der Waals surface area contributed by atoms with E-state index in [1.807, 2.05) is 5.32 Å². The van der Waals surface area contributed by atoms with Crippen LogP contribution >= 0.6 is 0 Å². The molecule has 1 saturated heterocycles. The molecule has 0 radical (unpaired) electrons. The maximum atomic E-state index is 12.8. The Morgan fingerprint density at radius 2 is 1.96 bits per heavy atom. The van der Waals surface area contributed by atoms with E-state index in [1.54, 1.807) is 13.8 Å². The van der Waals surface area contributed by atoms with Crippen molar-refractivity contribution in [2.24, 2.45) is 0 Å². The number of hydrogen-bond acceptors (Lipinski definition) is 4. The molecule has 2 heterocycles. The van der Waals surface area contributed by atoms with E-state index in [-0.39, 0.29) is 24.2 Å². The lowest BCUT2D eigenvalue weighted by Gasteiger charge is -2.24. The normalized spacial score (nSPS) is 17.3. The number of alkyl halides is 3. The molecule has 0 spiro atoms. The Morgan fingerprint density at radius 1 is 1.31 bits per heavy atom. The number of likely N-dealkylation sites (tertiary alicyclic amines) is 1. The van der Waals surface area contributed by atoms with Crippen LogP contribution in [0.5, 0.6) is 0 Å². The van der Waals surface area contributed by atoms with E-state index in [9.17, 15) is 27.6 Å². The van der Waals surface area contributed by atoms with Crippen molar-refractivity contribution >= 4 is 17.8 Å². The molecule has 2 amide bonds. The molecule has 0 unspecified atom stereocenters. The Balaban J connectivity index is 2.21. The number of hydrogen-bond donors (Lipinski definition) is 2. The molecule has 0 saturated carbocycles. The topological polar surface area (TPSA) is 91.5 Å². The Kier molecular flexibility index (Phi) is 5.62. The van der Waals surface area contributed by atoms with Gasteiger partial charge in [0, 0.05) is 12.2 Å². The molecule has 0 aromatic carbocycles. The van der Waals surface area contributed by atoms with Gasteiger partial charge in [-0.2, -0.15) is 13.2 Å². The summed E-state index contributed by atoms with van der Waals surface area (Å²) in [5.74, 6) is -1.98. The molecule has 10 heteroatoms. The lowest BCUT2D eigenvalue weighted by atomic mass is 10.1. The third-order valence-electron chi connectivity index (χ3n) is 4.32. The highest BCUT2D eigenvalue weighted by molar-refractivity contribution is 6.02. The molecule has 144 valence electrons. The summed E-state index contributed by atoms with van der Waals surface area (Å²) in [4.78, 5) is 40.7. The van der Waals surface area contributed by atoms with Gasteiger partial charge in [-0.25, -0.2) is 4.79 Å². The Hall–Kier alpha value is -2.52. The van der Waals surface area contributed by atoms with E-state index >= 15 is 0 Å². The first-order valence-electron chi connectivity index (χ1n) is 7.99. The number of halogens is 3. The van der Waals surface area contributed by atoms with Gasteiger partial charge in [0.15, 0.2) is 0 Å². The van der Waals surface area contributed by atoms with E-state index in [1.165, 1.54) is 12.0 Å². The van der Waals surface area contributed by atoms with Crippen molar-refractivity contribution in [3.63, 3.8) is 0 Å². The highest BCUT2D eigenvalue weighted by Gasteiger charge is 2.38. The van der Waals surface area contributed by atoms with E-state index in [0.717, 1.165) is 0 Å². The van der Waals surface area contributed by atoms with Crippen molar-refractivity contribution in [3.05, 3.63) is 22.5 Å². The minimum absolute atomic E-state index is 0.124. The van der Waals surface area contributed by atoms with Crippen LogP contribution in [0.2, 0.25) is 0 Å². The minimum Gasteiger partial charge on any atom is -0.465 e. The third kappa shape index (κ3) is 4.00. The minimum atomic E-state index is -4.52. The second-order valence-corrected chi connectivity index (χ2v) is 6.11. The molecule has 1 aliphatic rings. The van der Waals surface area contributed by atoms with Crippen LogP contribution < -0.4 is 5.32 Å². The number of nitrogens with zero attached hydrogens (tertiary/aromatic N) is 1. The standard InChI is InChI=1S/C16H20F3N3O4/c1-8-11(15(25)26-3)9(2)21-12(8)14(24)22-6-4-5-10(22)13(23)20-7-16(17,18)19/h10,21H,4-7H2,1-3H3,(H,20,23)/t10-/m1/s1. The number of nitrogens with one attached hydrogen (secondary N) is 2. The smallest absolute Gasteiger partial charge is 0.405 e. The van der Waals surface area contributed by atoms with Gasteiger partial charge in [0.25, 0.3) is 5.91 Å². The van der Waals surface area contributed by atoms with Crippen molar-refractivity contribution in [1.82, 2.24) is 15.2 Å². The predicted molar refractivity (Wildman–Crippen MR) is 84.7 cm³/mol. The highest BCUT2D eigenvalue weighted by Crippen LogP contribution is 2.25. The second-order valence-electron chi connectivity index (χ2n) is 6.11. The third-order valence-corrected chi connectivity index (χ3v) is 4.32. The van der Waals surface area contributed by atoms with Crippen LogP contribution in [0, 0.1) is 13.8 Å². The molecule has 1 aromatic rings. The van der Waals surface area contributed by atoms with Crippen molar-refractivity contribution in [2.75, 3.05) is 20.2 Å². The van der Waals surface area contributed by atoms with Crippen molar-refractivity contribution in [3.8, 4) is 0 Å². The number of aromatic nitrogens is 1. The maximum absolute atomic E-state index is 12.8. The van der Waals surface area contributed by atoms with Gasteiger partial charge in [-0.3, -0.25) is 9.59 Å². The molecule has 1 fully saturated rings. The van der Waals surface area contributed by atoms with E-state index in [4.69, 9.17) is 0 Å². The maximum Gasteiger partial charge on any atom is 0.405 e. The summed E-state index contributed by atoms with van der Waals surface area (Å²) in [6.07, 6.45) is -3.75. The number of amides is 2. The highest BCUT2D eigenvalue weighted by atomic mass is 19.4. The number of methoxy groups -OCH3 is 1. The van der Waals surface area contributed by atoms with Gasteiger partial charge in [0.1, 0.15) is 18.3 Å². The van der Waals surface area contributed by atoms with Gasteiger partial charge < -0.3 is 19.9 Å². The summed E-state index contributed by atoms with van der Waals surface area (Å²) < 4.78 is 41.6. The van der Waals surface area contributed by atoms with Gasteiger partial charge >= 0.3 is 12.1 Å². The summed E-state index contributed by atoms with van der Waals surface area (Å²) in [5, 5.41) is 1.82. The number of esters is 1. The van der Waals surface area contributed by atoms with Gasteiger partial charge in [0.05, 0.1) is 12.7 Å². The zero-order valence-corrected chi connectivity index (χ0v) is 14.6. The molecule has 7 nitrogen and oxygen atoms in total. The zero-order valence-electron chi connectivity index (χ0n) is 14.6. The van der Waals surface area contributed by atoms with Crippen LogP contribution in [0.25, 0.3) is 0 Å². The number of aromatic amines is 1. The van der Waals surface area contributed by atoms with Crippen LogP contribution in [0.15, 0.2) is 0 Å². The lowest BCUT2D eigenvalue weighted by Crippen LogP contribution is -2.48. The largest absolute Gasteiger partial charge is 0.465 e. The lowest BCUT2D eigenvalue weighted by molar-refractivity contribution is -0.140. The number of carbonyl (C=O) groups is 3. The zero-order chi connectivity index (χ0) is 19.6. The number of H-pyrrole nitrogens is 1. The summed E-state index contributed by atoms with van der Waals surface area (Å²) in [7, 11) is 1.22. The average molecular weight is 375 g/mol. The van der Waals surface area contributed by atoms with Crippen molar-refractivity contribution in [2.45, 2.75) is 38.9 Å². The molecular formula is C16H20F3N3O4. The van der Waals surface area contributed by atoms with Crippen LogP contribution in [-0.4, -0.2) is 60.1 Å². The fourth-order valence-electron chi connectivity index (χ4n) is 3.10. The molecular weight excluding hydrogens is 355 g/mol. The molecule has 1 atom stereocenters. The predicted octanol–water partition coefficient (Wildman–Crippen LogP) is 1.70. The SMILES string of the molecule is COC(=O)c1c(C)[nH]c(C(=O)N2CCC[C@@H]2C(=O)NCC(F)(F)F)c1C. The number of carbonyl (C=O) groups excluding carboxylic acids is 3. The molecule has 2 N–H and O–H groups in total. The van der Waals surface area contributed by atoms with Crippen LogP contribution in [0.1, 0.15) is 44.9 Å². The molecule has 1 aliphatic heterocycles. The first kappa shape index (κ1) is 19.8. The van der Waals surface area contributed by atoms with Gasteiger partial charge in [-0.15, -0.1) is 0 Å². The van der Waals surface area contributed by atoms with E-state index in [2.05, 4.69) is 9.72 Å². The number of rotatable bonds is 4. The molecule has 26 heavy (non-hydrogen) atoms. The Bertz CT molecular complexity index is 727. The van der Waals surface area contributed by atoms with Crippen LogP contribution in [0.4, 0.5) is 13.2 Å². The number of ether oxygens (including phenoxy) is 1. The number of aryl methyl sites for hydroxylation is 1. The fraction of sp³-hybridized carbons (Fsp3) is 0.562. The quantitative estimate of drug-likeness (QED) is 0.784. The summed E-state index contributed by atoms with van der Waals surface area (Å²) in [5.41, 5.74) is 1.17. The monoisotopic (exact) mass is 375 g/mol. The molecule has 1 aromatic heterocycles. The van der Waals surface area contributed by atoms with E-state index in [0.29, 0.717) is 17.7 Å². The molecule has 0 bridgehead atoms. The fourth-order valence-corrected chi connectivity index (χ4v) is 3.10. The Morgan fingerprint density at radius 3 is 2.54 bits per heavy atom. The summed E-state index contributed by atoms with van der Waals surface area (Å²) >= 11 is 0. The van der Waals surface area contributed by atoms with E-state index < -0.39 is 36.5 Å². The van der Waals surface area contributed by atoms with Gasteiger partial charge in [-0.05, 0) is 32.3 Å². The first-order chi connectivity index (χ1) is 12.1. The first-order valence-corrected chi connectivity index (χ1v) is 7.99. The van der Waals surface area contributed by atoms with Crippen molar-refractivity contribution in [1.29, 1.82) is 0 Å². The molecule has 2 rings (SSSR count). The van der Waals surface area contributed by atoms with Crippen molar-refractivity contribution < 1.29 is 32.3 Å². The Labute approximate surface area is 147 Å². The van der Waals surface area contributed by atoms with Crippen LogP contribution in [0.3, 0.4) is 0 Å². The summed E-state index contributed by atoms with van der Waals surface area (Å²) in [6.45, 7) is 1.97.